The number of carbonyl (C=O) groups excluding carboxylic acids is 2. The summed E-state index contributed by atoms with van der Waals surface area (Å²) in [4.78, 5) is 22.9. The highest BCUT2D eigenvalue weighted by molar-refractivity contribution is 6.39. The van der Waals surface area contributed by atoms with E-state index >= 15 is 0 Å². The largest absolute Gasteiger partial charge is 0.496 e. The van der Waals surface area contributed by atoms with E-state index in [1.807, 2.05) is 25.1 Å². The Morgan fingerprint density at radius 3 is 2.90 bits per heavy atom. The molecule has 1 heterocycles. The molecule has 0 saturated carbocycles. The van der Waals surface area contributed by atoms with Crippen molar-refractivity contribution in [1.82, 2.24) is 10.7 Å². The minimum absolute atomic E-state index is 0.165. The zero-order chi connectivity index (χ0) is 14.5. The SMILES string of the molecule is COc1ccc(C)cc1CNC(=O)C1=NNC(=O)CC1. The van der Waals surface area contributed by atoms with Crippen LogP contribution in [0.5, 0.6) is 5.75 Å². The van der Waals surface area contributed by atoms with E-state index < -0.39 is 0 Å². The van der Waals surface area contributed by atoms with Gasteiger partial charge in [0.15, 0.2) is 0 Å². The summed E-state index contributed by atoms with van der Waals surface area (Å²) in [6.45, 7) is 2.34. The Hall–Kier alpha value is -2.37. The third kappa shape index (κ3) is 3.34. The predicted octanol–water partition coefficient (Wildman–Crippen LogP) is 0.886. The van der Waals surface area contributed by atoms with Gasteiger partial charge in [-0.3, -0.25) is 9.59 Å². The summed E-state index contributed by atoms with van der Waals surface area (Å²) in [6, 6.07) is 5.78. The Labute approximate surface area is 117 Å². The molecule has 0 aliphatic carbocycles. The topological polar surface area (TPSA) is 79.8 Å². The molecule has 6 heteroatoms. The monoisotopic (exact) mass is 275 g/mol. The zero-order valence-corrected chi connectivity index (χ0v) is 11.5. The van der Waals surface area contributed by atoms with Gasteiger partial charge in [0.2, 0.25) is 5.91 Å². The lowest BCUT2D eigenvalue weighted by molar-refractivity contribution is -0.121. The van der Waals surface area contributed by atoms with Crippen LogP contribution in [0.1, 0.15) is 24.0 Å². The van der Waals surface area contributed by atoms with Gasteiger partial charge in [-0.25, -0.2) is 5.43 Å². The quantitative estimate of drug-likeness (QED) is 0.856. The van der Waals surface area contributed by atoms with Crippen molar-refractivity contribution < 1.29 is 14.3 Å². The molecule has 0 radical (unpaired) electrons. The van der Waals surface area contributed by atoms with Crippen molar-refractivity contribution >= 4 is 17.5 Å². The van der Waals surface area contributed by atoms with Crippen LogP contribution in [-0.4, -0.2) is 24.6 Å². The molecule has 1 aromatic carbocycles. The number of amides is 2. The van der Waals surface area contributed by atoms with E-state index in [1.165, 1.54) is 0 Å². The molecular formula is C14H17N3O3. The smallest absolute Gasteiger partial charge is 0.267 e. The summed E-state index contributed by atoms with van der Waals surface area (Å²) in [6.07, 6.45) is 0.655. The van der Waals surface area contributed by atoms with Crippen LogP contribution in [0.25, 0.3) is 0 Å². The maximum absolute atomic E-state index is 11.9. The van der Waals surface area contributed by atoms with Crippen molar-refractivity contribution in [2.24, 2.45) is 5.10 Å². The fourth-order valence-electron chi connectivity index (χ4n) is 1.96. The molecule has 0 fully saturated rings. The van der Waals surface area contributed by atoms with Crippen LogP contribution in [0.3, 0.4) is 0 Å². The van der Waals surface area contributed by atoms with E-state index in [9.17, 15) is 9.59 Å². The number of hydrazone groups is 1. The number of hydrogen-bond acceptors (Lipinski definition) is 4. The van der Waals surface area contributed by atoms with Crippen molar-refractivity contribution in [3.63, 3.8) is 0 Å². The van der Waals surface area contributed by atoms with Gasteiger partial charge >= 0.3 is 0 Å². The molecule has 2 rings (SSSR count). The first-order valence-electron chi connectivity index (χ1n) is 6.37. The first-order chi connectivity index (χ1) is 9.60. The van der Waals surface area contributed by atoms with Gasteiger partial charge in [0.25, 0.3) is 5.91 Å². The van der Waals surface area contributed by atoms with Crippen LogP contribution in [0.2, 0.25) is 0 Å². The number of nitrogens with zero attached hydrogens (tertiary/aromatic N) is 1. The zero-order valence-electron chi connectivity index (χ0n) is 11.5. The molecule has 2 amide bonds. The maximum atomic E-state index is 11.9. The Kier molecular flexibility index (Phi) is 4.34. The van der Waals surface area contributed by atoms with Crippen LogP contribution in [0, 0.1) is 6.92 Å². The number of benzene rings is 1. The van der Waals surface area contributed by atoms with Crippen molar-refractivity contribution in [1.29, 1.82) is 0 Å². The normalized spacial score (nSPS) is 14.3. The van der Waals surface area contributed by atoms with Crippen molar-refractivity contribution in [2.45, 2.75) is 26.3 Å². The summed E-state index contributed by atoms with van der Waals surface area (Å²) in [5, 5.41) is 6.54. The minimum atomic E-state index is -0.270. The second-order valence-electron chi connectivity index (χ2n) is 4.59. The van der Waals surface area contributed by atoms with E-state index in [4.69, 9.17) is 4.74 Å². The van der Waals surface area contributed by atoms with E-state index in [0.717, 1.165) is 16.9 Å². The van der Waals surface area contributed by atoms with Gasteiger partial charge in [-0.2, -0.15) is 5.10 Å². The number of ether oxygens (including phenoxy) is 1. The van der Waals surface area contributed by atoms with Crippen LogP contribution in [-0.2, 0) is 16.1 Å². The second kappa shape index (κ2) is 6.18. The molecule has 0 saturated heterocycles. The summed E-state index contributed by atoms with van der Waals surface area (Å²) < 4.78 is 5.25. The average molecular weight is 275 g/mol. The van der Waals surface area contributed by atoms with E-state index in [-0.39, 0.29) is 11.8 Å². The van der Waals surface area contributed by atoms with Gasteiger partial charge in [-0.1, -0.05) is 17.7 Å². The van der Waals surface area contributed by atoms with Crippen LogP contribution < -0.4 is 15.5 Å². The Bertz CT molecular complexity index is 567. The van der Waals surface area contributed by atoms with Crippen LogP contribution in [0.15, 0.2) is 23.3 Å². The number of hydrogen-bond donors (Lipinski definition) is 2. The number of aryl methyl sites for hydroxylation is 1. The van der Waals surface area contributed by atoms with E-state index in [0.29, 0.717) is 25.1 Å². The van der Waals surface area contributed by atoms with Gasteiger partial charge in [-0.05, 0) is 13.0 Å². The molecule has 2 N–H and O–H groups in total. The lowest BCUT2D eigenvalue weighted by Crippen LogP contribution is -2.36. The molecule has 1 aliphatic rings. The molecule has 0 aromatic heterocycles. The molecule has 1 aromatic rings. The van der Waals surface area contributed by atoms with Crippen molar-refractivity contribution in [3.05, 3.63) is 29.3 Å². The van der Waals surface area contributed by atoms with Crippen molar-refractivity contribution in [2.75, 3.05) is 7.11 Å². The molecule has 0 unspecified atom stereocenters. The summed E-state index contributed by atoms with van der Waals surface area (Å²) in [5.41, 5.74) is 4.65. The third-order valence-electron chi connectivity index (χ3n) is 3.04. The van der Waals surface area contributed by atoms with Crippen LogP contribution in [0.4, 0.5) is 0 Å². The number of rotatable bonds is 4. The third-order valence-corrected chi connectivity index (χ3v) is 3.04. The van der Waals surface area contributed by atoms with Gasteiger partial charge in [0.05, 0.1) is 7.11 Å². The lowest BCUT2D eigenvalue weighted by atomic mass is 10.1. The number of carbonyl (C=O) groups is 2. The number of nitrogens with one attached hydrogen (secondary N) is 2. The van der Waals surface area contributed by atoms with Crippen molar-refractivity contribution in [3.8, 4) is 5.75 Å². The Morgan fingerprint density at radius 1 is 1.45 bits per heavy atom. The minimum Gasteiger partial charge on any atom is -0.496 e. The molecule has 1 aliphatic heterocycles. The summed E-state index contributed by atoms with van der Waals surface area (Å²) in [7, 11) is 1.59. The molecular weight excluding hydrogens is 258 g/mol. The summed E-state index contributed by atoms with van der Waals surface area (Å²) >= 11 is 0. The molecule has 20 heavy (non-hydrogen) atoms. The van der Waals surface area contributed by atoms with Gasteiger partial charge < -0.3 is 10.1 Å². The Morgan fingerprint density at radius 2 is 2.25 bits per heavy atom. The molecule has 0 atom stereocenters. The average Bonchev–Trinajstić information content (AvgIpc) is 2.45. The van der Waals surface area contributed by atoms with Gasteiger partial charge in [0.1, 0.15) is 11.5 Å². The molecule has 106 valence electrons. The van der Waals surface area contributed by atoms with E-state index in [1.54, 1.807) is 7.11 Å². The standard InChI is InChI=1S/C14H17N3O3/c1-9-3-5-12(20-2)10(7-9)8-15-14(19)11-4-6-13(18)17-16-11/h3,5,7H,4,6,8H2,1-2H3,(H,15,19)(H,17,18). The lowest BCUT2D eigenvalue weighted by Gasteiger charge is -2.13. The van der Waals surface area contributed by atoms with E-state index in [2.05, 4.69) is 15.8 Å². The van der Waals surface area contributed by atoms with Crippen LogP contribution >= 0.6 is 0 Å². The Balaban J connectivity index is 2.00. The first kappa shape index (κ1) is 14.0. The molecule has 6 nitrogen and oxygen atoms in total. The highest BCUT2D eigenvalue weighted by Gasteiger charge is 2.18. The first-order valence-corrected chi connectivity index (χ1v) is 6.37. The highest BCUT2D eigenvalue weighted by atomic mass is 16.5. The predicted molar refractivity (Wildman–Crippen MR) is 74.4 cm³/mol. The molecule has 0 spiro atoms. The summed E-state index contributed by atoms with van der Waals surface area (Å²) in [5.74, 6) is 0.297. The fourth-order valence-corrected chi connectivity index (χ4v) is 1.96. The second-order valence-corrected chi connectivity index (χ2v) is 4.59. The fraction of sp³-hybridized carbons (Fsp3) is 0.357. The van der Waals surface area contributed by atoms with Gasteiger partial charge in [0, 0.05) is 24.9 Å². The molecule has 0 bridgehead atoms. The maximum Gasteiger partial charge on any atom is 0.267 e. The number of methoxy groups -OCH3 is 1. The highest BCUT2D eigenvalue weighted by Crippen LogP contribution is 2.19. The van der Waals surface area contributed by atoms with Gasteiger partial charge in [-0.15, -0.1) is 0 Å².